The standard InChI is InChI=1S/C17H34N2O/c1-17(2,3)16(20)13-18-14-9-11-19(12-10-14)15-7-5-4-6-8-15/h14-16,18,20H,4-13H2,1-3H3. The third kappa shape index (κ3) is 4.71. The Hall–Kier alpha value is -0.120. The predicted octanol–water partition coefficient (Wildman–Crippen LogP) is 2.78. The summed E-state index contributed by atoms with van der Waals surface area (Å²) in [5.41, 5.74) is -0.0181. The Morgan fingerprint density at radius 3 is 2.20 bits per heavy atom. The van der Waals surface area contributed by atoms with Crippen molar-refractivity contribution in [1.29, 1.82) is 0 Å². The number of hydrogen-bond acceptors (Lipinski definition) is 3. The SMILES string of the molecule is CC(C)(C)C(O)CNC1CCN(C2CCCCC2)CC1. The Kier molecular flexibility index (Phi) is 5.88. The molecule has 2 rings (SSSR count). The zero-order chi connectivity index (χ0) is 14.6. The van der Waals surface area contributed by atoms with Crippen molar-refractivity contribution in [2.24, 2.45) is 5.41 Å². The normalized spacial score (nSPS) is 25.8. The third-order valence-electron chi connectivity index (χ3n) is 5.22. The summed E-state index contributed by atoms with van der Waals surface area (Å²) in [5.74, 6) is 0. The van der Waals surface area contributed by atoms with E-state index in [9.17, 15) is 5.11 Å². The monoisotopic (exact) mass is 282 g/mol. The maximum absolute atomic E-state index is 10.1. The second-order valence-corrected chi connectivity index (χ2v) is 7.89. The fraction of sp³-hybridized carbons (Fsp3) is 1.00. The smallest absolute Gasteiger partial charge is 0.0712 e. The molecule has 1 aliphatic carbocycles. The maximum atomic E-state index is 10.1. The molecule has 2 N–H and O–H groups in total. The lowest BCUT2D eigenvalue weighted by Gasteiger charge is -2.40. The molecule has 0 bridgehead atoms. The van der Waals surface area contributed by atoms with Crippen molar-refractivity contribution < 1.29 is 5.11 Å². The van der Waals surface area contributed by atoms with Gasteiger partial charge in [0.15, 0.2) is 0 Å². The van der Waals surface area contributed by atoms with Gasteiger partial charge in [0.2, 0.25) is 0 Å². The van der Waals surface area contributed by atoms with Crippen LogP contribution in [0.25, 0.3) is 0 Å². The predicted molar refractivity (Wildman–Crippen MR) is 84.9 cm³/mol. The number of nitrogens with zero attached hydrogens (tertiary/aromatic N) is 1. The molecule has 20 heavy (non-hydrogen) atoms. The fourth-order valence-electron chi connectivity index (χ4n) is 3.50. The molecule has 1 saturated heterocycles. The van der Waals surface area contributed by atoms with E-state index in [-0.39, 0.29) is 11.5 Å². The van der Waals surface area contributed by atoms with Gasteiger partial charge in [-0.3, -0.25) is 0 Å². The summed E-state index contributed by atoms with van der Waals surface area (Å²) in [6.45, 7) is 9.53. The van der Waals surface area contributed by atoms with Crippen molar-refractivity contribution in [3.63, 3.8) is 0 Å². The van der Waals surface area contributed by atoms with Gasteiger partial charge in [-0.2, -0.15) is 0 Å². The number of aliphatic hydroxyl groups excluding tert-OH is 1. The maximum Gasteiger partial charge on any atom is 0.0712 e. The first-order chi connectivity index (χ1) is 9.47. The molecule has 2 aliphatic rings. The van der Waals surface area contributed by atoms with Crippen LogP contribution in [0.5, 0.6) is 0 Å². The molecule has 0 aromatic carbocycles. The minimum Gasteiger partial charge on any atom is -0.391 e. The largest absolute Gasteiger partial charge is 0.391 e. The molecule has 1 aliphatic heterocycles. The van der Waals surface area contributed by atoms with Crippen LogP contribution in [0.15, 0.2) is 0 Å². The molecular formula is C17H34N2O. The molecule has 0 aromatic heterocycles. The van der Waals surface area contributed by atoms with Crippen molar-refractivity contribution in [1.82, 2.24) is 10.2 Å². The average Bonchev–Trinajstić information content (AvgIpc) is 2.45. The molecule has 1 saturated carbocycles. The zero-order valence-electron chi connectivity index (χ0n) is 13.7. The van der Waals surface area contributed by atoms with Gasteiger partial charge in [0.25, 0.3) is 0 Å². The van der Waals surface area contributed by atoms with Gasteiger partial charge in [-0.1, -0.05) is 40.0 Å². The van der Waals surface area contributed by atoms with Gasteiger partial charge in [-0.25, -0.2) is 0 Å². The van der Waals surface area contributed by atoms with Gasteiger partial charge in [0, 0.05) is 18.6 Å². The van der Waals surface area contributed by atoms with E-state index in [1.165, 1.54) is 58.0 Å². The fourth-order valence-corrected chi connectivity index (χ4v) is 3.50. The van der Waals surface area contributed by atoms with Gasteiger partial charge < -0.3 is 15.3 Å². The molecule has 0 radical (unpaired) electrons. The van der Waals surface area contributed by atoms with Gasteiger partial charge in [0.05, 0.1) is 6.10 Å². The minimum atomic E-state index is -0.251. The quantitative estimate of drug-likeness (QED) is 0.832. The van der Waals surface area contributed by atoms with Crippen LogP contribution in [-0.4, -0.2) is 47.8 Å². The average molecular weight is 282 g/mol. The molecular weight excluding hydrogens is 248 g/mol. The number of piperidine rings is 1. The van der Waals surface area contributed by atoms with E-state index >= 15 is 0 Å². The molecule has 3 heteroatoms. The summed E-state index contributed by atoms with van der Waals surface area (Å²) < 4.78 is 0. The summed E-state index contributed by atoms with van der Waals surface area (Å²) in [6, 6.07) is 1.47. The lowest BCUT2D eigenvalue weighted by Crippen LogP contribution is -2.49. The Morgan fingerprint density at radius 2 is 1.65 bits per heavy atom. The summed E-state index contributed by atoms with van der Waals surface area (Å²) >= 11 is 0. The first kappa shape index (κ1) is 16.3. The highest BCUT2D eigenvalue weighted by atomic mass is 16.3. The van der Waals surface area contributed by atoms with E-state index in [1.807, 2.05) is 0 Å². The highest BCUT2D eigenvalue weighted by molar-refractivity contribution is 4.84. The van der Waals surface area contributed by atoms with Gasteiger partial charge in [0.1, 0.15) is 0 Å². The van der Waals surface area contributed by atoms with Crippen molar-refractivity contribution in [3.8, 4) is 0 Å². The molecule has 118 valence electrons. The Morgan fingerprint density at radius 1 is 1.05 bits per heavy atom. The first-order valence-corrected chi connectivity index (χ1v) is 8.62. The van der Waals surface area contributed by atoms with Crippen LogP contribution in [-0.2, 0) is 0 Å². The molecule has 2 fully saturated rings. The second-order valence-electron chi connectivity index (χ2n) is 7.89. The van der Waals surface area contributed by atoms with Gasteiger partial charge >= 0.3 is 0 Å². The van der Waals surface area contributed by atoms with E-state index < -0.39 is 0 Å². The molecule has 1 unspecified atom stereocenters. The van der Waals surface area contributed by atoms with Crippen LogP contribution in [0.4, 0.5) is 0 Å². The summed E-state index contributed by atoms with van der Waals surface area (Å²) in [5, 5.41) is 13.7. The van der Waals surface area contributed by atoms with E-state index in [4.69, 9.17) is 0 Å². The van der Waals surface area contributed by atoms with Crippen molar-refractivity contribution in [3.05, 3.63) is 0 Å². The van der Waals surface area contributed by atoms with Crippen LogP contribution in [0.1, 0.15) is 65.7 Å². The lowest BCUT2D eigenvalue weighted by molar-refractivity contribution is 0.0544. The number of nitrogens with one attached hydrogen (secondary N) is 1. The van der Waals surface area contributed by atoms with Crippen molar-refractivity contribution in [2.75, 3.05) is 19.6 Å². The van der Waals surface area contributed by atoms with E-state index in [0.717, 1.165) is 12.6 Å². The van der Waals surface area contributed by atoms with Crippen LogP contribution < -0.4 is 5.32 Å². The number of hydrogen-bond donors (Lipinski definition) is 2. The summed E-state index contributed by atoms with van der Waals surface area (Å²) in [6.07, 6.45) is 9.38. The summed E-state index contributed by atoms with van der Waals surface area (Å²) in [7, 11) is 0. The van der Waals surface area contributed by atoms with E-state index in [0.29, 0.717) is 6.04 Å². The number of aliphatic hydroxyl groups is 1. The van der Waals surface area contributed by atoms with Crippen molar-refractivity contribution in [2.45, 2.75) is 83.9 Å². The molecule has 0 spiro atoms. The topological polar surface area (TPSA) is 35.5 Å². The molecule has 0 amide bonds. The van der Waals surface area contributed by atoms with Gasteiger partial charge in [-0.05, 0) is 44.2 Å². The Bertz CT molecular complexity index is 273. The Balaban J connectivity index is 1.66. The minimum absolute atomic E-state index is 0.0181. The third-order valence-corrected chi connectivity index (χ3v) is 5.22. The van der Waals surface area contributed by atoms with E-state index in [1.54, 1.807) is 0 Å². The highest BCUT2D eigenvalue weighted by Gasteiger charge is 2.27. The zero-order valence-corrected chi connectivity index (χ0v) is 13.7. The lowest BCUT2D eigenvalue weighted by atomic mass is 9.88. The number of likely N-dealkylation sites (tertiary alicyclic amines) is 1. The molecule has 1 heterocycles. The number of rotatable bonds is 4. The molecule has 1 atom stereocenters. The first-order valence-electron chi connectivity index (χ1n) is 8.62. The van der Waals surface area contributed by atoms with Gasteiger partial charge in [-0.15, -0.1) is 0 Å². The van der Waals surface area contributed by atoms with Crippen LogP contribution in [0.2, 0.25) is 0 Å². The van der Waals surface area contributed by atoms with Crippen LogP contribution >= 0.6 is 0 Å². The highest BCUT2D eigenvalue weighted by Crippen LogP contribution is 2.25. The Labute approximate surface area is 125 Å². The van der Waals surface area contributed by atoms with Crippen LogP contribution in [0, 0.1) is 5.41 Å². The molecule has 3 nitrogen and oxygen atoms in total. The second kappa shape index (κ2) is 7.24. The van der Waals surface area contributed by atoms with E-state index in [2.05, 4.69) is 31.0 Å². The summed E-state index contributed by atoms with van der Waals surface area (Å²) in [4.78, 5) is 2.72. The molecule has 0 aromatic rings. The van der Waals surface area contributed by atoms with Crippen LogP contribution in [0.3, 0.4) is 0 Å². The van der Waals surface area contributed by atoms with Crippen molar-refractivity contribution >= 4 is 0 Å².